The largest absolute Gasteiger partial charge is 0.497 e. The zero-order valence-electron chi connectivity index (χ0n) is 19.0. The highest BCUT2D eigenvalue weighted by Gasteiger charge is 2.17. The van der Waals surface area contributed by atoms with Gasteiger partial charge in [-0.15, -0.1) is 0 Å². The molecule has 6 nitrogen and oxygen atoms in total. The highest BCUT2D eigenvalue weighted by atomic mass is 16.5. The maximum absolute atomic E-state index is 12.6. The minimum atomic E-state index is -0.239. The molecule has 0 unspecified atom stereocenters. The highest BCUT2D eigenvalue weighted by Crippen LogP contribution is 2.40. The van der Waals surface area contributed by atoms with Gasteiger partial charge in [0.15, 0.2) is 0 Å². The lowest BCUT2D eigenvalue weighted by molar-refractivity contribution is -0.111. The summed E-state index contributed by atoms with van der Waals surface area (Å²) < 4.78 is 22.1. The van der Waals surface area contributed by atoms with Crippen molar-refractivity contribution < 1.29 is 23.4 Å². The number of carbonyl (C=O) groups excluding carboxylic acids is 1. The van der Waals surface area contributed by atoms with Crippen LogP contribution in [0.5, 0.6) is 17.2 Å². The molecule has 1 heterocycles. The van der Waals surface area contributed by atoms with E-state index in [2.05, 4.69) is 5.32 Å². The van der Waals surface area contributed by atoms with E-state index in [1.54, 1.807) is 57.9 Å². The Morgan fingerprint density at radius 2 is 1.61 bits per heavy atom. The van der Waals surface area contributed by atoms with Crippen molar-refractivity contribution in [2.24, 2.45) is 0 Å². The number of hydrogen-bond acceptors (Lipinski definition) is 5. The lowest BCUT2D eigenvalue weighted by Gasteiger charge is -2.11. The Kier molecular flexibility index (Phi) is 6.36. The predicted molar refractivity (Wildman–Crippen MR) is 130 cm³/mol. The van der Waals surface area contributed by atoms with Crippen molar-refractivity contribution in [2.45, 2.75) is 6.92 Å². The summed E-state index contributed by atoms with van der Waals surface area (Å²) >= 11 is 0. The topological polar surface area (TPSA) is 69.9 Å². The fourth-order valence-electron chi connectivity index (χ4n) is 3.73. The molecule has 4 rings (SSSR count). The molecule has 3 aromatic carbocycles. The van der Waals surface area contributed by atoms with E-state index in [-0.39, 0.29) is 5.91 Å². The number of ether oxygens (including phenoxy) is 3. The van der Waals surface area contributed by atoms with E-state index in [0.717, 1.165) is 39.1 Å². The van der Waals surface area contributed by atoms with E-state index in [1.165, 1.54) is 0 Å². The molecule has 0 aliphatic carbocycles. The number of furan rings is 1. The molecule has 0 aliphatic heterocycles. The van der Waals surface area contributed by atoms with Crippen molar-refractivity contribution in [3.63, 3.8) is 0 Å². The first kappa shape index (κ1) is 22.0. The fraction of sp³-hybridized carbons (Fsp3) is 0.148. The first-order valence-corrected chi connectivity index (χ1v) is 10.4. The summed E-state index contributed by atoms with van der Waals surface area (Å²) in [7, 11) is 4.84. The van der Waals surface area contributed by atoms with Crippen molar-refractivity contribution in [3.05, 3.63) is 78.6 Å². The lowest BCUT2D eigenvalue weighted by Crippen LogP contribution is -2.08. The van der Waals surface area contributed by atoms with Crippen LogP contribution in [0.25, 0.3) is 27.7 Å². The molecule has 0 radical (unpaired) electrons. The first-order valence-electron chi connectivity index (χ1n) is 10.4. The van der Waals surface area contributed by atoms with E-state index >= 15 is 0 Å². The molecule has 0 fully saturated rings. The van der Waals surface area contributed by atoms with Gasteiger partial charge in [0.05, 0.1) is 27.6 Å². The van der Waals surface area contributed by atoms with Crippen LogP contribution < -0.4 is 19.5 Å². The lowest BCUT2D eigenvalue weighted by atomic mass is 9.98. The summed E-state index contributed by atoms with van der Waals surface area (Å²) in [5.41, 5.74) is 4.75. The molecule has 0 aliphatic rings. The summed E-state index contributed by atoms with van der Waals surface area (Å²) in [6.45, 7) is 1.88. The van der Waals surface area contributed by atoms with Crippen LogP contribution in [0, 0.1) is 0 Å². The third kappa shape index (κ3) is 4.55. The quantitative estimate of drug-likeness (QED) is 0.346. The van der Waals surface area contributed by atoms with Gasteiger partial charge in [0.2, 0.25) is 5.91 Å². The minimum Gasteiger partial charge on any atom is -0.497 e. The molecule has 0 saturated heterocycles. The predicted octanol–water partition coefficient (Wildman–Crippen LogP) is 6.17. The van der Waals surface area contributed by atoms with Crippen LogP contribution in [-0.2, 0) is 4.79 Å². The van der Waals surface area contributed by atoms with Crippen LogP contribution in [-0.4, -0.2) is 27.2 Å². The van der Waals surface area contributed by atoms with Crippen molar-refractivity contribution in [2.75, 3.05) is 26.6 Å². The Bertz CT molecular complexity index is 1320. The number of methoxy groups -OCH3 is 3. The zero-order valence-corrected chi connectivity index (χ0v) is 19.0. The van der Waals surface area contributed by atoms with Gasteiger partial charge >= 0.3 is 0 Å². The second-order valence-electron chi connectivity index (χ2n) is 7.44. The maximum atomic E-state index is 12.6. The number of anilines is 1. The number of fused-ring (bicyclic) bond motifs is 1. The fourth-order valence-corrected chi connectivity index (χ4v) is 3.73. The number of para-hydroxylation sites is 1. The Morgan fingerprint density at radius 3 is 2.30 bits per heavy atom. The average molecular weight is 443 g/mol. The van der Waals surface area contributed by atoms with E-state index in [9.17, 15) is 4.79 Å². The molecule has 0 saturated carbocycles. The van der Waals surface area contributed by atoms with Crippen molar-refractivity contribution in [1.29, 1.82) is 0 Å². The molecular formula is C27H25NO5. The van der Waals surface area contributed by atoms with Crippen molar-refractivity contribution in [3.8, 4) is 28.4 Å². The van der Waals surface area contributed by atoms with Gasteiger partial charge in [-0.25, -0.2) is 0 Å². The van der Waals surface area contributed by atoms with Crippen LogP contribution in [0.4, 0.5) is 5.69 Å². The minimum absolute atomic E-state index is 0.239. The summed E-state index contributed by atoms with van der Waals surface area (Å²) in [4.78, 5) is 12.6. The monoisotopic (exact) mass is 443 g/mol. The first-order chi connectivity index (χ1) is 16.0. The molecule has 168 valence electrons. The zero-order chi connectivity index (χ0) is 23.4. The Morgan fingerprint density at radius 1 is 0.879 bits per heavy atom. The summed E-state index contributed by atoms with van der Waals surface area (Å²) in [5.74, 6) is 1.86. The third-order valence-electron chi connectivity index (χ3n) is 5.42. The van der Waals surface area contributed by atoms with Crippen LogP contribution in [0.2, 0.25) is 0 Å². The molecule has 6 heteroatoms. The van der Waals surface area contributed by atoms with E-state index in [4.69, 9.17) is 18.6 Å². The van der Waals surface area contributed by atoms with Gasteiger partial charge in [-0.05, 0) is 48.9 Å². The molecule has 0 spiro atoms. The molecule has 1 aromatic heterocycles. The number of rotatable bonds is 7. The van der Waals surface area contributed by atoms with Crippen molar-refractivity contribution in [1.82, 2.24) is 0 Å². The van der Waals surface area contributed by atoms with Crippen LogP contribution in [0.1, 0.15) is 12.5 Å². The van der Waals surface area contributed by atoms with Gasteiger partial charge in [0.1, 0.15) is 22.8 Å². The van der Waals surface area contributed by atoms with Crippen molar-refractivity contribution >= 4 is 28.1 Å². The van der Waals surface area contributed by atoms with Crippen LogP contribution >= 0.6 is 0 Å². The smallest absolute Gasteiger partial charge is 0.248 e. The second-order valence-corrected chi connectivity index (χ2v) is 7.44. The summed E-state index contributed by atoms with van der Waals surface area (Å²) in [6, 6.07) is 18.8. The van der Waals surface area contributed by atoms with E-state index in [1.807, 2.05) is 43.3 Å². The SMILES string of the molecule is COc1ccc(NC(=O)/C=C(\C)c2cc3c(-c4ccccc4OC)coc3cc2OC)cc1. The maximum Gasteiger partial charge on any atom is 0.248 e. The average Bonchev–Trinajstić information content (AvgIpc) is 3.26. The highest BCUT2D eigenvalue weighted by molar-refractivity contribution is 6.05. The van der Waals surface area contributed by atoms with Gasteiger partial charge in [-0.3, -0.25) is 4.79 Å². The Balaban J connectivity index is 1.70. The van der Waals surface area contributed by atoms with Gasteiger partial charge in [0.25, 0.3) is 0 Å². The van der Waals surface area contributed by atoms with E-state index < -0.39 is 0 Å². The standard InChI is InChI=1S/C27H25NO5/c1-17(13-27(29)28-18-9-11-19(30-2)12-10-18)21-14-22-23(16-33-26(22)15-25(21)32-4)20-7-5-6-8-24(20)31-3/h5-16H,1-4H3,(H,28,29)/b17-13+. The molecular weight excluding hydrogens is 418 g/mol. The number of amides is 1. The number of hydrogen-bond donors (Lipinski definition) is 1. The third-order valence-corrected chi connectivity index (χ3v) is 5.42. The molecule has 0 atom stereocenters. The number of benzene rings is 3. The van der Waals surface area contributed by atoms with Gasteiger partial charge in [0, 0.05) is 39.9 Å². The van der Waals surface area contributed by atoms with Crippen LogP contribution in [0.15, 0.2) is 77.4 Å². The summed E-state index contributed by atoms with van der Waals surface area (Å²) in [5, 5.41) is 3.77. The molecule has 33 heavy (non-hydrogen) atoms. The number of carbonyl (C=O) groups is 1. The Hall–Kier alpha value is -4.19. The molecule has 1 amide bonds. The molecule has 0 bridgehead atoms. The normalized spacial score (nSPS) is 11.3. The Labute approximate surface area is 192 Å². The van der Waals surface area contributed by atoms with E-state index in [0.29, 0.717) is 17.0 Å². The van der Waals surface area contributed by atoms with Crippen LogP contribution in [0.3, 0.4) is 0 Å². The number of allylic oxidation sites excluding steroid dienone is 1. The van der Waals surface area contributed by atoms with Gasteiger partial charge < -0.3 is 23.9 Å². The molecule has 4 aromatic rings. The second kappa shape index (κ2) is 9.53. The van der Waals surface area contributed by atoms with Gasteiger partial charge in [-0.1, -0.05) is 18.2 Å². The number of nitrogens with one attached hydrogen (secondary N) is 1. The summed E-state index contributed by atoms with van der Waals surface area (Å²) in [6.07, 6.45) is 3.26. The van der Waals surface area contributed by atoms with Gasteiger partial charge in [-0.2, -0.15) is 0 Å². The molecule has 1 N–H and O–H groups in total.